The number of rotatable bonds is 6. The molecule has 0 aliphatic carbocycles. The summed E-state index contributed by atoms with van der Waals surface area (Å²) in [4.78, 5) is 23.1. The fourth-order valence-corrected chi connectivity index (χ4v) is 3.47. The number of aromatic nitrogens is 3. The Bertz CT molecular complexity index is 852. The van der Waals surface area contributed by atoms with Gasteiger partial charge in [-0.1, -0.05) is 12.1 Å². The Morgan fingerprint density at radius 2 is 2.07 bits per heavy atom. The maximum atomic E-state index is 12.5. The number of aryl methyl sites for hydroxylation is 1. The first-order valence-corrected chi connectivity index (χ1v) is 9.49. The number of nitrogens with zero attached hydrogens (tertiary/aromatic N) is 4. The number of imidazole rings is 1. The molecule has 6 heteroatoms. The van der Waals surface area contributed by atoms with Gasteiger partial charge in [0.15, 0.2) is 0 Å². The van der Waals surface area contributed by atoms with Crippen LogP contribution in [0, 0.1) is 0 Å². The summed E-state index contributed by atoms with van der Waals surface area (Å²) in [7, 11) is 0. The molecular formula is C21H24N4O2. The second kappa shape index (κ2) is 8.31. The summed E-state index contributed by atoms with van der Waals surface area (Å²) in [6.07, 6.45) is 10.7. The Balaban J connectivity index is 1.21. The second-order valence-corrected chi connectivity index (χ2v) is 6.95. The van der Waals surface area contributed by atoms with Crippen molar-refractivity contribution in [2.75, 3.05) is 13.1 Å². The lowest BCUT2D eigenvalue weighted by Crippen LogP contribution is -2.40. The third-order valence-corrected chi connectivity index (χ3v) is 5.01. The standard InChI is InChI=1S/C21H24N4O2/c26-21(7-6-18-15-25-11-2-1-5-20(25)23-18)24-12-8-19(9-13-24)27-16-17-4-3-10-22-14-17/h1-5,10-11,14-15,19H,6-9,12-13,16H2. The van der Waals surface area contributed by atoms with Crippen molar-refractivity contribution >= 4 is 11.6 Å². The normalized spacial score (nSPS) is 15.3. The molecule has 140 valence electrons. The second-order valence-electron chi connectivity index (χ2n) is 6.95. The largest absolute Gasteiger partial charge is 0.373 e. The van der Waals surface area contributed by atoms with Crippen molar-refractivity contribution in [1.82, 2.24) is 19.3 Å². The van der Waals surface area contributed by atoms with Crippen LogP contribution >= 0.6 is 0 Å². The zero-order valence-electron chi connectivity index (χ0n) is 15.3. The first-order chi connectivity index (χ1) is 13.3. The molecule has 0 unspecified atom stereocenters. The molecule has 0 spiro atoms. The van der Waals surface area contributed by atoms with Crippen LogP contribution in [-0.4, -0.2) is 44.4 Å². The van der Waals surface area contributed by atoms with Crippen LogP contribution in [-0.2, 0) is 22.6 Å². The summed E-state index contributed by atoms with van der Waals surface area (Å²) in [5, 5.41) is 0. The van der Waals surface area contributed by atoms with E-state index >= 15 is 0 Å². The van der Waals surface area contributed by atoms with Gasteiger partial charge in [0.05, 0.1) is 18.4 Å². The molecule has 0 bridgehead atoms. The van der Waals surface area contributed by atoms with Gasteiger partial charge in [0.25, 0.3) is 0 Å². The lowest BCUT2D eigenvalue weighted by Gasteiger charge is -2.32. The van der Waals surface area contributed by atoms with E-state index < -0.39 is 0 Å². The molecule has 1 amide bonds. The lowest BCUT2D eigenvalue weighted by molar-refractivity contribution is -0.134. The highest BCUT2D eigenvalue weighted by Gasteiger charge is 2.23. The fraction of sp³-hybridized carbons (Fsp3) is 0.381. The summed E-state index contributed by atoms with van der Waals surface area (Å²) < 4.78 is 7.96. The van der Waals surface area contributed by atoms with Crippen LogP contribution in [0.3, 0.4) is 0 Å². The molecule has 0 atom stereocenters. The molecule has 27 heavy (non-hydrogen) atoms. The zero-order valence-corrected chi connectivity index (χ0v) is 15.3. The molecule has 0 N–H and O–H groups in total. The number of carbonyl (C=O) groups excluding carboxylic acids is 1. The third-order valence-electron chi connectivity index (χ3n) is 5.01. The highest BCUT2D eigenvalue weighted by molar-refractivity contribution is 5.76. The molecule has 1 fully saturated rings. The van der Waals surface area contributed by atoms with E-state index in [0.29, 0.717) is 19.4 Å². The van der Waals surface area contributed by atoms with Crippen LogP contribution in [0.15, 0.2) is 55.1 Å². The molecule has 6 nitrogen and oxygen atoms in total. The number of carbonyl (C=O) groups is 1. The van der Waals surface area contributed by atoms with E-state index in [4.69, 9.17) is 4.74 Å². The zero-order chi connectivity index (χ0) is 18.5. The van der Waals surface area contributed by atoms with Crippen molar-refractivity contribution in [2.24, 2.45) is 0 Å². The molecule has 1 aliphatic rings. The van der Waals surface area contributed by atoms with Crippen molar-refractivity contribution in [3.63, 3.8) is 0 Å². The minimum atomic E-state index is 0.206. The molecule has 1 saturated heterocycles. The summed E-state index contributed by atoms with van der Waals surface area (Å²) in [6.45, 7) is 2.11. The molecule has 4 rings (SSSR count). The van der Waals surface area contributed by atoms with Gasteiger partial charge in [-0.05, 0) is 43.0 Å². The third kappa shape index (κ3) is 4.52. The van der Waals surface area contributed by atoms with E-state index in [9.17, 15) is 4.79 Å². The van der Waals surface area contributed by atoms with Gasteiger partial charge >= 0.3 is 0 Å². The summed E-state index contributed by atoms with van der Waals surface area (Å²) >= 11 is 0. The smallest absolute Gasteiger partial charge is 0.222 e. The summed E-state index contributed by atoms with van der Waals surface area (Å²) in [6, 6.07) is 9.86. The monoisotopic (exact) mass is 364 g/mol. The van der Waals surface area contributed by atoms with E-state index in [1.54, 1.807) is 6.20 Å². The molecule has 4 heterocycles. The predicted octanol–water partition coefficient (Wildman–Crippen LogP) is 2.87. The van der Waals surface area contributed by atoms with Crippen molar-refractivity contribution in [2.45, 2.75) is 38.4 Å². The summed E-state index contributed by atoms with van der Waals surface area (Å²) in [5.74, 6) is 0.206. The van der Waals surface area contributed by atoms with Crippen LogP contribution in [0.4, 0.5) is 0 Å². The number of piperidine rings is 1. The van der Waals surface area contributed by atoms with E-state index in [1.165, 1.54) is 0 Å². The van der Waals surface area contributed by atoms with Crippen LogP contribution in [0.25, 0.3) is 5.65 Å². The van der Waals surface area contributed by atoms with Gasteiger partial charge in [-0.25, -0.2) is 4.98 Å². The number of hydrogen-bond acceptors (Lipinski definition) is 4. The summed E-state index contributed by atoms with van der Waals surface area (Å²) in [5.41, 5.74) is 2.97. The number of pyridine rings is 2. The molecule has 3 aromatic rings. The Hall–Kier alpha value is -2.73. The van der Waals surface area contributed by atoms with Crippen LogP contribution in [0.2, 0.25) is 0 Å². The van der Waals surface area contributed by atoms with Gasteiger partial charge in [0.1, 0.15) is 5.65 Å². The van der Waals surface area contributed by atoms with Gasteiger partial charge in [-0.15, -0.1) is 0 Å². The molecule has 0 radical (unpaired) electrons. The minimum Gasteiger partial charge on any atom is -0.373 e. The van der Waals surface area contributed by atoms with Crippen LogP contribution < -0.4 is 0 Å². The Kier molecular flexibility index (Phi) is 5.44. The van der Waals surface area contributed by atoms with E-state index in [1.807, 2.05) is 58.2 Å². The highest BCUT2D eigenvalue weighted by Crippen LogP contribution is 2.17. The first kappa shape index (κ1) is 17.7. The van der Waals surface area contributed by atoms with Crippen LogP contribution in [0.1, 0.15) is 30.5 Å². The fourth-order valence-electron chi connectivity index (χ4n) is 3.47. The molecular weight excluding hydrogens is 340 g/mol. The highest BCUT2D eigenvalue weighted by atomic mass is 16.5. The van der Waals surface area contributed by atoms with E-state index in [2.05, 4.69) is 9.97 Å². The van der Waals surface area contributed by atoms with Crippen molar-refractivity contribution < 1.29 is 9.53 Å². The van der Waals surface area contributed by atoms with Crippen molar-refractivity contribution in [1.29, 1.82) is 0 Å². The minimum absolute atomic E-state index is 0.206. The van der Waals surface area contributed by atoms with Crippen molar-refractivity contribution in [3.8, 4) is 0 Å². The number of ether oxygens (including phenoxy) is 1. The van der Waals surface area contributed by atoms with E-state index in [0.717, 1.165) is 42.8 Å². The average molecular weight is 364 g/mol. The van der Waals surface area contributed by atoms with Crippen LogP contribution in [0.5, 0.6) is 0 Å². The Morgan fingerprint density at radius 3 is 2.85 bits per heavy atom. The maximum absolute atomic E-state index is 12.5. The molecule has 0 aromatic carbocycles. The molecule has 1 aliphatic heterocycles. The molecule has 3 aromatic heterocycles. The molecule has 0 saturated carbocycles. The van der Waals surface area contributed by atoms with E-state index in [-0.39, 0.29) is 12.0 Å². The number of likely N-dealkylation sites (tertiary alicyclic amines) is 1. The van der Waals surface area contributed by atoms with Gasteiger partial charge in [0.2, 0.25) is 5.91 Å². The SMILES string of the molecule is O=C(CCc1cn2ccccc2n1)N1CCC(OCc2cccnc2)CC1. The number of amides is 1. The number of fused-ring (bicyclic) bond motifs is 1. The maximum Gasteiger partial charge on any atom is 0.222 e. The quantitative estimate of drug-likeness (QED) is 0.675. The Morgan fingerprint density at radius 1 is 1.19 bits per heavy atom. The first-order valence-electron chi connectivity index (χ1n) is 9.49. The van der Waals surface area contributed by atoms with Gasteiger partial charge < -0.3 is 14.0 Å². The van der Waals surface area contributed by atoms with Crippen molar-refractivity contribution in [3.05, 3.63) is 66.4 Å². The Labute approximate surface area is 158 Å². The predicted molar refractivity (Wildman–Crippen MR) is 102 cm³/mol. The van der Waals surface area contributed by atoms with Gasteiger partial charge in [-0.3, -0.25) is 9.78 Å². The van der Waals surface area contributed by atoms with Gasteiger partial charge in [-0.2, -0.15) is 0 Å². The number of hydrogen-bond donors (Lipinski definition) is 0. The average Bonchev–Trinajstić information content (AvgIpc) is 3.15. The lowest BCUT2D eigenvalue weighted by atomic mass is 10.1. The topological polar surface area (TPSA) is 59.7 Å². The van der Waals surface area contributed by atoms with Gasteiger partial charge in [0, 0.05) is 44.3 Å².